The van der Waals surface area contributed by atoms with Gasteiger partial charge in [-0.1, -0.05) is 22.0 Å². The second kappa shape index (κ2) is 8.25. The molecule has 2 aromatic rings. The summed E-state index contributed by atoms with van der Waals surface area (Å²) < 4.78 is 5.69. The zero-order valence-corrected chi connectivity index (χ0v) is 14.7. The van der Waals surface area contributed by atoms with Crippen LogP contribution >= 0.6 is 15.9 Å². The van der Waals surface area contributed by atoms with Crippen LogP contribution in [0, 0.1) is 10.1 Å². The number of nitrogens with one attached hydrogen (secondary N) is 2. The SMILES string of the molecule is CNc1ccc(C(=O)OCC(=O)Nc2cccc(Br)c2)cc1[N+](=O)[O-]. The first kappa shape index (κ1) is 18.4. The number of nitrogens with zero attached hydrogens (tertiary/aromatic N) is 1. The van der Waals surface area contributed by atoms with E-state index in [-0.39, 0.29) is 16.9 Å². The number of carbonyl (C=O) groups is 2. The number of amides is 1. The van der Waals surface area contributed by atoms with Gasteiger partial charge in [-0.05, 0) is 30.3 Å². The molecule has 0 aliphatic rings. The monoisotopic (exact) mass is 407 g/mol. The van der Waals surface area contributed by atoms with Crippen LogP contribution in [0.5, 0.6) is 0 Å². The van der Waals surface area contributed by atoms with Gasteiger partial charge in [-0.25, -0.2) is 4.79 Å². The highest BCUT2D eigenvalue weighted by Crippen LogP contribution is 2.25. The van der Waals surface area contributed by atoms with Gasteiger partial charge in [0.2, 0.25) is 0 Å². The Hall–Kier alpha value is -2.94. The molecule has 0 unspecified atom stereocenters. The maximum absolute atomic E-state index is 12.0. The molecule has 8 nitrogen and oxygen atoms in total. The molecule has 2 N–H and O–H groups in total. The van der Waals surface area contributed by atoms with Gasteiger partial charge in [-0.3, -0.25) is 14.9 Å². The van der Waals surface area contributed by atoms with E-state index in [0.717, 1.165) is 10.5 Å². The summed E-state index contributed by atoms with van der Waals surface area (Å²) in [6, 6.07) is 10.8. The van der Waals surface area contributed by atoms with Crippen LogP contribution in [0.3, 0.4) is 0 Å². The molecule has 2 rings (SSSR count). The molecule has 130 valence electrons. The Bertz CT molecular complexity index is 825. The third kappa shape index (κ3) is 5.01. The number of rotatable bonds is 6. The lowest BCUT2D eigenvalue weighted by Crippen LogP contribution is -2.21. The Morgan fingerprint density at radius 2 is 2.00 bits per heavy atom. The van der Waals surface area contributed by atoms with Gasteiger partial charge in [0.15, 0.2) is 6.61 Å². The number of nitro benzene ring substituents is 1. The van der Waals surface area contributed by atoms with E-state index in [1.54, 1.807) is 24.3 Å². The minimum atomic E-state index is -0.824. The van der Waals surface area contributed by atoms with E-state index in [4.69, 9.17) is 4.74 Å². The fourth-order valence-corrected chi connectivity index (χ4v) is 2.40. The van der Waals surface area contributed by atoms with Crippen LogP contribution in [-0.2, 0) is 9.53 Å². The van der Waals surface area contributed by atoms with Crippen LogP contribution in [0.25, 0.3) is 0 Å². The van der Waals surface area contributed by atoms with E-state index < -0.39 is 23.4 Å². The molecule has 2 aromatic carbocycles. The summed E-state index contributed by atoms with van der Waals surface area (Å²) in [7, 11) is 1.53. The topological polar surface area (TPSA) is 111 Å². The first-order valence-corrected chi connectivity index (χ1v) is 7.88. The molecule has 0 aliphatic heterocycles. The van der Waals surface area contributed by atoms with Crippen molar-refractivity contribution in [3.05, 3.63) is 62.6 Å². The molecule has 0 atom stereocenters. The molecule has 0 spiro atoms. The van der Waals surface area contributed by atoms with Crippen molar-refractivity contribution < 1.29 is 19.2 Å². The van der Waals surface area contributed by atoms with Crippen LogP contribution in [-0.4, -0.2) is 30.5 Å². The average Bonchev–Trinajstić information content (AvgIpc) is 2.59. The fraction of sp³-hybridized carbons (Fsp3) is 0.125. The van der Waals surface area contributed by atoms with Crippen LogP contribution < -0.4 is 10.6 Å². The lowest BCUT2D eigenvalue weighted by atomic mass is 10.1. The van der Waals surface area contributed by atoms with Gasteiger partial charge in [0.25, 0.3) is 11.6 Å². The van der Waals surface area contributed by atoms with Gasteiger partial charge in [0, 0.05) is 23.3 Å². The summed E-state index contributed by atoms with van der Waals surface area (Å²) >= 11 is 3.28. The third-order valence-electron chi connectivity index (χ3n) is 3.14. The molecular weight excluding hydrogens is 394 g/mol. The molecule has 0 radical (unpaired) electrons. The number of halogens is 1. The molecule has 0 bridgehead atoms. The Kier molecular flexibility index (Phi) is 6.07. The standard InChI is InChI=1S/C16H14BrN3O5/c1-18-13-6-5-10(7-14(13)20(23)24)16(22)25-9-15(21)19-12-4-2-3-11(17)8-12/h2-8,18H,9H2,1H3,(H,19,21). The van der Waals surface area contributed by atoms with Gasteiger partial charge in [-0.15, -0.1) is 0 Å². The molecule has 0 aliphatic carbocycles. The molecule has 1 amide bonds. The van der Waals surface area contributed by atoms with Crippen molar-refractivity contribution in [1.82, 2.24) is 0 Å². The number of benzene rings is 2. The molecule has 25 heavy (non-hydrogen) atoms. The Morgan fingerprint density at radius 1 is 1.24 bits per heavy atom. The highest BCUT2D eigenvalue weighted by molar-refractivity contribution is 9.10. The van der Waals surface area contributed by atoms with Gasteiger partial charge in [0.1, 0.15) is 5.69 Å². The maximum Gasteiger partial charge on any atom is 0.338 e. The highest BCUT2D eigenvalue weighted by Gasteiger charge is 2.18. The molecule has 0 aromatic heterocycles. The summed E-state index contributed by atoms with van der Waals surface area (Å²) in [6.45, 7) is -0.507. The number of anilines is 2. The lowest BCUT2D eigenvalue weighted by Gasteiger charge is -2.08. The van der Waals surface area contributed by atoms with Crippen molar-refractivity contribution in [2.24, 2.45) is 0 Å². The number of esters is 1. The normalized spacial score (nSPS) is 10.0. The van der Waals surface area contributed by atoms with Crippen LogP contribution in [0.2, 0.25) is 0 Å². The second-order valence-electron chi connectivity index (χ2n) is 4.87. The van der Waals surface area contributed by atoms with E-state index in [2.05, 4.69) is 26.6 Å². The number of hydrogen-bond acceptors (Lipinski definition) is 6. The van der Waals surface area contributed by atoms with E-state index in [1.165, 1.54) is 19.2 Å². The molecule has 0 saturated carbocycles. The van der Waals surface area contributed by atoms with Crippen molar-refractivity contribution >= 4 is 44.9 Å². The smallest absolute Gasteiger partial charge is 0.338 e. The van der Waals surface area contributed by atoms with Crippen LogP contribution in [0.4, 0.5) is 17.1 Å². The van der Waals surface area contributed by atoms with E-state index in [9.17, 15) is 19.7 Å². The minimum Gasteiger partial charge on any atom is -0.452 e. The number of hydrogen-bond donors (Lipinski definition) is 2. The predicted molar refractivity (Wildman–Crippen MR) is 95.7 cm³/mol. The largest absolute Gasteiger partial charge is 0.452 e. The molecule has 9 heteroatoms. The van der Waals surface area contributed by atoms with E-state index >= 15 is 0 Å². The fourth-order valence-electron chi connectivity index (χ4n) is 2.00. The van der Waals surface area contributed by atoms with Crippen molar-refractivity contribution in [3.8, 4) is 0 Å². The number of nitro groups is 1. The molecule has 0 fully saturated rings. The summed E-state index contributed by atoms with van der Waals surface area (Å²) in [4.78, 5) is 34.2. The Morgan fingerprint density at radius 3 is 2.64 bits per heavy atom. The number of ether oxygens (including phenoxy) is 1. The summed E-state index contributed by atoms with van der Waals surface area (Å²) in [5.41, 5.74) is 0.551. The van der Waals surface area contributed by atoms with Gasteiger partial charge < -0.3 is 15.4 Å². The van der Waals surface area contributed by atoms with Gasteiger partial charge >= 0.3 is 5.97 Å². The second-order valence-corrected chi connectivity index (χ2v) is 5.79. The summed E-state index contributed by atoms with van der Waals surface area (Å²) in [5.74, 6) is -1.34. The van der Waals surface area contributed by atoms with Crippen molar-refractivity contribution in [2.75, 3.05) is 24.3 Å². The first-order chi connectivity index (χ1) is 11.9. The minimum absolute atomic E-state index is 0.0130. The van der Waals surface area contributed by atoms with Gasteiger partial charge in [0.05, 0.1) is 10.5 Å². The molecular formula is C16H14BrN3O5. The molecule has 0 heterocycles. The lowest BCUT2D eigenvalue weighted by molar-refractivity contribution is -0.384. The quantitative estimate of drug-likeness (QED) is 0.432. The van der Waals surface area contributed by atoms with Crippen molar-refractivity contribution in [1.29, 1.82) is 0 Å². The average molecular weight is 408 g/mol. The predicted octanol–water partition coefficient (Wildman–Crippen LogP) is 3.19. The van der Waals surface area contributed by atoms with Crippen LogP contribution in [0.1, 0.15) is 10.4 Å². The zero-order chi connectivity index (χ0) is 18.4. The van der Waals surface area contributed by atoms with Crippen molar-refractivity contribution in [3.63, 3.8) is 0 Å². The van der Waals surface area contributed by atoms with Gasteiger partial charge in [-0.2, -0.15) is 0 Å². The Balaban J connectivity index is 1.99. The van der Waals surface area contributed by atoms with Crippen LogP contribution in [0.15, 0.2) is 46.9 Å². The number of carbonyl (C=O) groups excluding carboxylic acids is 2. The van der Waals surface area contributed by atoms with E-state index in [1.807, 2.05) is 0 Å². The van der Waals surface area contributed by atoms with Crippen molar-refractivity contribution in [2.45, 2.75) is 0 Å². The summed E-state index contributed by atoms with van der Waals surface area (Å²) in [5, 5.41) is 16.2. The Labute approximate surface area is 151 Å². The zero-order valence-electron chi connectivity index (χ0n) is 13.1. The van der Waals surface area contributed by atoms with E-state index in [0.29, 0.717) is 5.69 Å². The molecule has 0 saturated heterocycles. The highest BCUT2D eigenvalue weighted by atomic mass is 79.9. The first-order valence-electron chi connectivity index (χ1n) is 7.09. The summed E-state index contributed by atoms with van der Waals surface area (Å²) in [6.07, 6.45) is 0. The third-order valence-corrected chi connectivity index (χ3v) is 3.64. The maximum atomic E-state index is 12.0.